The Morgan fingerprint density at radius 1 is 0.588 bits per heavy atom. The van der Waals surface area contributed by atoms with Crippen molar-refractivity contribution in [3.63, 3.8) is 0 Å². The Kier molecular flexibility index (Phi) is 6.45. The average molecular weight is 457 g/mol. The van der Waals surface area contributed by atoms with Gasteiger partial charge in [0.05, 0.1) is 11.1 Å². The summed E-state index contributed by atoms with van der Waals surface area (Å²) in [4.78, 5) is 37.5. The summed E-state index contributed by atoms with van der Waals surface area (Å²) < 4.78 is 0. The molecule has 170 valence electrons. The van der Waals surface area contributed by atoms with Crippen LogP contribution in [-0.4, -0.2) is 37.0 Å². The predicted molar refractivity (Wildman–Crippen MR) is 124 cm³/mol. The fourth-order valence-corrected chi connectivity index (χ4v) is 2.90. The maximum Gasteiger partial charge on any atom is 0.273 e. The van der Waals surface area contributed by atoms with Crippen LogP contribution in [0.3, 0.4) is 0 Å². The van der Waals surface area contributed by atoms with Gasteiger partial charge in [0, 0.05) is 5.56 Å². The van der Waals surface area contributed by atoms with Crippen molar-refractivity contribution in [3.05, 3.63) is 90.0 Å². The molecular weight excluding hydrogens is 438 g/mol. The summed E-state index contributed by atoms with van der Waals surface area (Å²) >= 11 is 0. The minimum atomic E-state index is -0.609. The van der Waals surface area contributed by atoms with Crippen LogP contribution >= 0.6 is 0 Å². The van der Waals surface area contributed by atoms with Crippen LogP contribution in [-0.2, 0) is 0 Å². The number of phenols is 2. The highest BCUT2D eigenvalue weighted by atomic mass is 16.3. The molecule has 0 bridgehead atoms. The summed E-state index contributed by atoms with van der Waals surface area (Å²) in [5, 5.41) is 19.7. The molecule has 0 atom stereocenters. The minimum absolute atomic E-state index is 0.0306. The number of benzene rings is 3. The SMILES string of the molecule is O=C(NNc1nc(NNC(=O)c2ccccc2O)nc(-c2ccccc2)n1)c1ccccc1O. The van der Waals surface area contributed by atoms with E-state index in [-0.39, 0.29) is 40.3 Å². The summed E-state index contributed by atoms with van der Waals surface area (Å²) in [5.41, 5.74) is 10.8. The van der Waals surface area contributed by atoms with Gasteiger partial charge in [-0.1, -0.05) is 54.6 Å². The monoisotopic (exact) mass is 457 g/mol. The summed E-state index contributed by atoms with van der Waals surface area (Å²) in [6.07, 6.45) is 0. The van der Waals surface area contributed by atoms with E-state index in [4.69, 9.17) is 0 Å². The van der Waals surface area contributed by atoms with Gasteiger partial charge in [-0.25, -0.2) is 0 Å². The Morgan fingerprint density at radius 2 is 1.03 bits per heavy atom. The Hall–Kier alpha value is -5.19. The van der Waals surface area contributed by atoms with Crippen LogP contribution in [0.25, 0.3) is 11.4 Å². The van der Waals surface area contributed by atoms with E-state index in [9.17, 15) is 19.8 Å². The van der Waals surface area contributed by atoms with Gasteiger partial charge in [0.1, 0.15) is 11.5 Å². The number of amides is 2. The summed E-state index contributed by atoms with van der Waals surface area (Å²) in [7, 11) is 0. The third-order valence-electron chi connectivity index (χ3n) is 4.54. The molecule has 0 saturated carbocycles. The van der Waals surface area contributed by atoms with Gasteiger partial charge in [-0.15, -0.1) is 0 Å². The van der Waals surface area contributed by atoms with E-state index in [0.717, 1.165) is 0 Å². The number of carbonyl (C=O) groups is 2. The van der Waals surface area contributed by atoms with Crippen molar-refractivity contribution in [2.45, 2.75) is 0 Å². The van der Waals surface area contributed by atoms with Crippen LogP contribution in [0.15, 0.2) is 78.9 Å². The Morgan fingerprint density at radius 3 is 1.50 bits per heavy atom. The first-order chi connectivity index (χ1) is 16.5. The van der Waals surface area contributed by atoms with Gasteiger partial charge in [-0.05, 0) is 24.3 Å². The molecule has 1 aromatic heterocycles. The third-order valence-corrected chi connectivity index (χ3v) is 4.54. The first-order valence-electron chi connectivity index (χ1n) is 10.0. The normalized spacial score (nSPS) is 10.2. The molecule has 6 N–H and O–H groups in total. The number of anilines is 2. The second kappa shape index (κ2) is 9.96. The topological polar surface area (TPSA) is 161 Å². The van der Waals surface area contributed by atoms with Gasteiger partial charge in [-0.3, -0.25) is 31.3 Å². The zero-order valence-corrected chi connectivity index (χ0v) is 17.6. The van der Waals surface area contributed by atoms with Crippen molar-refractivity contribution in [1.29, 1.82) is 0 Å². The molecule has 0 radical (unpaired) electrons. The molecule has 4 aromatic rings. The number of rotatable bonds is 7. The van der Waals surface area contributed by atoms with E-state index in [1.54, 1.807) is 48.5 Å². The molecule has 34 heavy (non-hydrogen) atoms. The van der Waals surface area contributed by atoms with Crippen LogP contribution in [0.2, 0.25) is 0 Å². The number of para-hydroxylation sites is 2. The number of carbonyl (C=O) groups excluding carboxylic acids is 2. The summed E-state index contributed by atoms with van der Waals surface area (Å²) in [6.45, 7) is 0. The Balaban J connectivity index is 1.54. The fraction of sp³-hybridized carbons (Fsp3) is 0. The number of aromatic nitrogens is 3. The molecule has 1 heterocycles. The third kappa shape index (κ3) is 5.16. The van der Waals surface area contributed by atoms with Crippen LogP contribution in [0.5, 0.6) is 11.5 Å². The largest absolute Gasteiger partial charge is 0.507 e. The molecule has 0 aliphatic rings. The standard InChI is InChI=1S/C23H19N7O4/c31-17-12-6-4-10-15(17)20(33)27-29-22-24-19(14-8-2-1-3-9-14)25-23(26-22)30-28-21(34)16-11-5-7-13-18(16)32/h1-13,31-32H,(H,27,33)(H,28,34)(H2,24,25,26,29,30). The van der Waals surface area contributed by atoms with Gasteiger partial charge < -0.3 is 10.2 Å². The van der Waals surface area contributed by atoms with E-state index in [1.165, 1.54) is 24.3 Å². The van der Waals surface area contributed by atoms with E-state index in [1.807, 2.05) is 6.07 Å². The highest BCUT2D eigenvalue weighted by Crippen LogP contribution is 2.19. The lowest BCUT2D eigenvalue weighted by atomic mass is 10.2. The summed E-state index contributed by atoms with van der Waals surface area (Å²) in [6, 6.07) is 21.1. The predicted octanol–water partition coefficient (Wildman–Crippen LogP) is 2.46. The highest BCUT2D eigenvalue weighted by Gasteiger charge is 2.14. The van der Waals surface area contributed by atoms with Crippen molar-refractivity contribution in [1.82, 2.24) is 25.8 Å². The van der Waals surface area contributed by atoms with Crippen LogP contribution < -0.4 is 21.7 Å². The van der Waals surface area contributed by atoms with Crippen LogP contribution in [0.1, 0.15) is 20.7 Å². The van der Waals surface area contributed by atoms with Crippen molar-refractivity contribution >= 4 is 23.7 Å². The van der Waals surface area contributed by atoms with Gasteiger partial charge in [0.15, 0.2) is 5.82 Å². The smallest absolute Gasteiger partial charge is 0.273 e. The number of nitrogens with one attached hydrogen (secondary N) is 4. The molecule has 4 rings (SSSR count). The minimum Gasteiger partial charge on any atom is -0.507 e. The number of hydrazine groups is 2. The molecule has 0 aliphatic carbocycles. The zero-order chi connectivity index (χ0) is 23.9. The Bertz CT molecular complexity index is 1250. The quantitative estimate of drug-likeness (QED) is 0.229. The van der Waals surface area contributed by atoms with Crippen molar-refractivity contribution in [2.24, 2.45) is 0 Å². The molecule has 3 aromatic carbocycles. The number of aromatic hydroxyl groups is 2. The molecule has 0 fully saturated rings. The first-order valence-corrected chi connectivity index (χ1v) is 10.0. The second-order valence-electron chi connectivity index (χ2n) is 6.86. The Labute approximate surface area is 193 Å². The van der Waals surface area contributed by atoms with Gasteiger partial charge in [0.2, 0.25) is 11.9 Å². The molecular formula is C23H19N7O4. The number of hydrogen-bond acceptors (Lipinski definition) is 9. The zero-order valence-electron chi connectivity index (χ0n) is 17.6. The lowest BCUT2D eigenvalue weighted by molar-refractivity contribution is 0.0951. The van der Waals surface area contributed by atoms with Gasteiger partial charge in [-0.2, -0.15) is 15.0 Å². The molecule has 2 amide bonds. The van der Waals surface area contributed by atoms with Crippen LogP contribution in [0, 0.1) is 0 Å². The van der Waals surface area contributed by atoms with Gasteiger partial charge >= 0.3 is 0 Å². The van der Waals surface area contributed by atoms with E-state index < -0.39 is 11.8 Å². The van der Waals surface area contributed by atoms with E-state index in [0.29, 0.717) is 5.56 Å². The summed E-state index contributed by atoms with van der Waals surface area (Å²) in [5.74, 6) is -1.39. The maximum absolute atomic E-state index is 12.4. The highest BCUT2D eigenvalue weighted by molar-refractivity contribution is 5.97. The van der Waals surface area contributed by atoms with Crippen molar-refractivity contribution in [2.75, 3.05) is 10.9 Å². The van der Waals surface area contributed by atoms with E-state index in [2.05, 4.69) is 36.7 Å². The second-order valence-corrected chi connectivity index (χ2v) is 6.86. The number of hydrogen-bond donors (Lipinski definition) is 6. The first kappa shape index (κ1) is 22.0. The molecule has 0 unspecified atom stereocenters. The van der Waals surface area contributed by atoms with Crippen molar-refractivity contribution < 1.29 is 19.8 Å². The molecule has 0 aliphatic heterocycles. The maximum atomic E-state index is 12.4. The van der Waals surface area contributed by atoms with Crippen LogP contribution in [0.4, 0.5) is 11.9 Å². The lowest BCUT2D eigenvalue weighted by Gasteiger charge is -2.12. The molecule has 11 nitrogen and oxygen atoms in total. The average Bonchev–Trinajstić information content (AvgIpc) is 2.87. The molecule has 11 heteroatoms. The van der Waals surface area contributed by atoms with Gasteiger partial charge in [0.25, 0.3) is 11.8 Å². The fourth-order valence-electron chi connectivity index (χ4n) is 2.90. The number of phenolic OH excluding ortho intramolecular Hbond substituents is 2. The number of nitrogens with zero attached hydrogens (tertiary/aromatic N) is 3. The molecule has 0 saturated heterocycles. The van der Waals surface area contributed by atoms with Crippen molar-refractivity contribution in [3.8, 4) is 22.9 Å². The molecule has 0 spiro atoms. The van der Waals surface area contributed by atoms with E-state index >= 15 is 0 Å². The lowest BCUT2D eigenvalue weighted by Crippen LogP contribution is -2.32.